The van der Waals surface area contributed by atoms with Crippen molar-refractivity contribution in [2.75, 3.05) is 13.1 Å². The summed E-state index contributed by atoms with van der Waals surface area (Å²) < 4.78 is 1.96. The molecule has 0 fully saturated rings. The van der Waals surface area contributed by atoms with Gasteiger partial charge in [-0.15, -0.1) is 11.8 Å². The second kappa shape index (κ2) is 8.73. The van der Waals surface area contributed by atoms with Crippen molar-refractivity contribution >= 4 is 29.3 Å². The molecule has 0 aliphatic rings. The summed E-state index contributed by atoms with van der Waals surface area (Å²) in [4.78, 5) is 30.7. The molecule has 1 N–H and O–H groups in total. The molecule has 0 aliphatic carbocycles. The average molecular weight is 383 g/mol. The highest BCUT2D eigenvalue weighted by atomic mass is 32.2. The maximum absolute atomic E-state index is 12.9. The van der Waals surface area contributed by atoms with Crippen LogP contribution in [-0.4, -0.2) is 44.4 Å². The molecular formula is C20H21N3O3S. The van der Waals surface area contributed by atoms with E-state index in [2.05, 4.69) is 4.98 Å². The molecule has 0 saturated carbocycles. The van der Waals surface area contributed by atoms with Gasteiger partial charge in [0.15, 0.2) is 0 Å². The fraction of sp³-hybridized carbons (Fsp3) is 0.250. The molecule has 1 aromatic carbocycles. The van der Waals surface area contributed by atoms with E-state index in [-0.39, 0.29) is 12.5 Å². The number of carboxylic acids is 1. The Kier molecular flexibility index (Phi) is 6.13. The van der Waals surface area contributed by atoms with Gasteiger partial charge in [0.25, 0.3) is 5.91 Å². The molecule has 3 aromatic rings. The fourth-order valence-electron chi connectivity index (χ4n) is 2.83. The van der Waals surface area contributed by atoms with Gasteiger partial charge in [-0.3, -0.25) is 9.59 Å². The van der Waals surface area contributed by atoms with Gasteiger partial charge in [0, 0.05) is 29.6 Å². The summed E-state index contributed by atoms with van der Waals surface area (Å²) in [5.74, 6) is -0.637. The van der Waals surface area contributed by atoms with Crippen molar-refractivity contribution in [3.05, 3.63) is 66.1 Å². The van der Waals surface area contributed by atoms with Crippen LogP contribution in [0.5, 0.6) is 0 Å². The fourth-order valence-corrected chi connectivity index (χ4v) is 3.76. The van der Waals surface area contributed by atoms with E-state index in [4.69, 9.17) is 5.11 Å². The molecule has 1 amide bonds. The molecule has 27 heavy (non-hydrogen) atoms. The molecular weight excluding hydrogens is 362 g/mol. The van der Waals surface area contributed by atoms with Crippen LogP contribution in [0.3, 0.4) is 0 Å². The van der Waals surface area contributed by atoms with E-state index in [1.165, 1.54) is 16.7 Å². The number of carbonyl (C=O) groups is 2. The van der Waals surface area contributed by atoms with Crippen molar-refractivity contribution in [1.29, 1.82) is 0 Å². The van der Waals surface area contributed by atoms with Crippen molar-refractivity contribution < 1.29 is 14.7 Å². The maximum Gasteiger partial charge on any atom is 0.323 e. The first kappa shape index (κ1) is 19.0. The first-order valence-corrected chi connectivity index (χ1v) is 9.72. The maximum atomic E-state index is 12.9. The Bertz CT molecular complexity index is 921. The molecule has 0 aliphatic heterocycles. The predicted octanol–water partition coefficient (Wildman–Crippen LogP) is 3.56. The molecule has 0 bridgehead atoms. The summed E-state index contributed by atoms with van der Waals surface area (Å²) in [5, 5.41) is 9.09. The van der Waals surface area contributed by atoms with Gasteiger partial charge in [-0.1, -0.05) is 25.1 Å². The molecule has 0 saturated heterocycles. The van der Waals surface area contributed by atoms with Crippen molar-refractivity contribution in [2.24, 2.45) is 0 Å². The lowest BCUT2D eigenvalue weighted by Crippen LogP contribution is -2.36. The van der Waals surface area contributed by atoms with Crippen LogP contribution in [0.15, 0.2) is 59.8 Å². The Labute approximate surface area is 161 Å². The van der Waals surface area contributed by atoms with E-state index >= 15 is 0 Å². The second-order valence-electron chi connectivity index (χ2n) is 6.10. The summed E-state index contributed by atoms with van der Waals surface area (Å²) in [6.45, 7) is 2.04. The Morgan fingerprint density at radius 1 is 1.19 bits per heavy atom. The van der Waals surface area contributed by atoms with Gasteiger partial charge < -0.3 is 14.4 Å². The number of thioether (sulfide) groups is 1. The number of imidazole rings is 1. The molecule has 0 unspecified atom stereocenters. The number of amides is 1. The van der Waals surface area contributed by atoms with E-state index in [1.54, 1.807) is 12.1 Å². The minimum Gasteiger partial charge on any atom is -0.480 e. The molecule has 0 radical (unpaired) electrons. The minimum atomic E-state index is -1.01. The smallest absolute Gasteiger partial charge is 0.323 e. The predicted molar refractivity (Wildman–Crippen MR) is 105 cm³/mol. The lowest BCUT2D eigenvalue weighted by atomic mass is 10.2. The first-order chi connectivity index (χ1) is 13.1. The molecule has 0 spiro atoms. The molecule has 0 atom stereocenters. The first-order valence-electron chi connectivity index (χ1n) is 8.74. The lowest BCUT2D eigenvalue weighted by Gasteiger charge is -2.21. The quantitative estimate of drug-likeness (QED) is 0.602. The third-order valence-electron chi connectivity index (χ3n) is 4.01. The number of aliphatic carboxylic acids is 1. The number of pyridine rings is 1. The molecule has 2 heterocycles. The summed E-state index contributed by atoms with van der Waals surface area (Å²) in [6.07, 6.45) is 4.62. The van der Waals surface area contributed by atoms with Crippen LogP contribution in [0.4, 0.5) is 0 Å². The van der Waals surface area contributed by atoms with Crippen LogP contribution in [0.1, 0.15) is 29.4 Å². The van der Waals surface area contributed by atoms with Crippen LogP contribution < -0.4 is 0 Å². The number of nitrogens with zero attached hydrogens (tertiary/aromatic N) is 3. The molecule has 2 aromatic heterocycles. The number of carbonyl (C=O) groups excluding carboxylic acids is 1. The Morgan fingerprint density at radius 3 is 2.70 bits per heavy atom. The highest BCUT2D eigenvalue weighted by Crippen LogP contribution is 2.27. The number of hydrogen-bond donors (Lipinski definition) is 1. The third kappa shape index (κ3) is 4.68. The monoisotopic (exact) mass is 383 g/mol. The van der Waals surface area contributed by atoms with E-state index in [9.17, 15) is 9.59 Å². The third-order valence-corrected chi connectivity index (χ3v) is 5.12. The number of fused-ring (bicyclic) bond motifs is 1. The zero-order valence-electron chi connectivity index (χ0n) is 15.0. The Morgan fingerprint density at radius 2 is 1.96 bits per heavy atom. The van der Waals surface area contributed by atoms with Crippen LogP contribution in [0.25, 0.3) is 5.65 Å². The van der Waals surface area contributed by atoms with Crippen LogP contribution in [-0.2, 0) is 10.5 Å². The summed E-state index contributed by atoms with van der Waals surface area (Å²) >= 11 is 1.53. The van der Waals surface area contributed by atoms with Crippen molar-refractivity contribution in [3.8, 4) is 0 Å². The lowest BCUT2D eigenvalue weighted by molar-refractivity contribution is -0.137. The Balaban J connectivity index is 1.78. The molecule has 6 nitrogen and oxygen atoms in total. The summed E-state index contributed by atoms with van der Waals surface area (Å²) in [6, 6.07) is 13.1. The van der Waals surface area contributed by atoms with E-state index in [1.807, 2.05) is 54.0 Å². The number of benzene rings is 1. The van der Waals surface area contributed by atoms with Gasteiger partial charge in [-0.25, -0.2) is 4.98 Å². The van der Waals surface area contributed by atoms with Gasteiger partial charge >= 0.3 is 5.97 Å². The Hall–Kier alpha value is -2.80. The molecule has 140 valence electrons. The highest BCUT2D eigenvalue weighted by Gasteiger charge is 2.20. The minimum absolute atomic E-state index is 0.252. The summed E-state index contributed by atoms with van der Waals surface area (Å²) in [7, 11) is 0. The molecule has 3 rings (SSSR count). The van der Waals surface area contributed by atoms with E-state index < -0.39 is 5.97 Å². The van der Waals surface area contributed by atoms with Crippen molar-refractivity contribution in [3.63, 3.8) is 0 Å². The van der Waals surface area contributed by atoms with E-state index in [0.717, 1.165) is 16.2 Å². The largest absolute Gasteiger partial charge is 0.480 e. The highest BCUT2D eigenvalue weighted by molar-refractivity contribution is 7.98. The topological polar surface area (TPSA) is 74.9 Å². The number of hydrogen-bond acceptors (Lipinski definition) is 4. The van der Waals surface area contributed by atoms with Gasteiger partial charge in [-0.05, 0) is 30.7 Å². The second-order valence-corrected chi connectivity index (χ2v) is 7.12. The average Bonchev–Trinajstić information content (AvgIpc) is 3.08. The van der Waals surface area contributed by atoms with Crippen LogP contribution in [0, 0.1) is 0 Å². The summed E-state index contributed by atoms with van der Waals surface area (Å²) in [5.41, 5.74) is 2.33. The van der Waals surface area contributed by atoms with Crippen molar-refractivity contribution in [2.45, 2.75) is 24.0 Å². The van der Waals surface area contributed by atoms with E-state index in [0.29, 0.717) is 24.3 Å². The number of aromatic nitrogens is 2. The number of rotatable bonds is 8. The normalized spacial score (nSPS) is 10.9. The molecule has 7 heteroatoms. The SMILES string of the molecule is CCCN(CC(=O)O)C(=O)c1ccccc1SCc1cn2ccccc2n1. The van der Waals surface area contributed by atoms with Gasteiger partial charge in [0.2, 0.25) is 0 Å². The van der Waals surface area contributed by atoms with Crippen LogP contribution >= 0.6 is 11.8 Å². The van der Waals surface area contributed by atoms with Gasteiger partial charge in [0.05, 0.1) is 11.3 Å². The zero-order valence-corrected chi connectivity index (χ0v) is 15.9. The van der Waals surface area contributed by atoms with Crippen LogP contribution in [0.2, 0.25) is 0 Å². The zero-order chi connectivity index (χ0) is 19.2. The van der Waals surface area contributed by atoms with Gasteiger partial charge in [-0.2, -0.15) is 0 Å². The van der Waals surface area contributed by atoms with Crippen molar-refractivity contribution in [1.82, 2.24) is 14.3 Å². The standard InChI is InChI=1S/C20H21N3O3S/c1-2-10-23(13-19(24)25)20(26)16-7-3-4-8-17(16)27-14-15-12-22-11-6-5-9-18(22)21-15/h3-9,11-12H,2,10,13-14H2,1H3,(H,24,25). The number of carboxylic acid groups (broad SMARTS) is 1. The van der Waals surface area contributed by atoms with Gasteiger partial charge in [0.1, 0.15) is 12.2 Å².